The highest BCUT2D eigenvalue weighted by molar-refractivity contribution is 14.0. The summed E-state index contributed by atoms with van der Waals surface area (Å²) in [5.41, 5.74) is 0.991. The molecule has 0 spiro atoms. The Hall–Kier alpha value is -0.910. The van der Waals surface area contributed by atoms with Crippen molar-refractivity contribution in [3.05, 3.63) is 29.8 Å². The first kappa shape index (κ1) is 24.4. The van der Waals surface area contributed by atoms with E-state index in [-0.39, 0.29) is 30.0 Å². The van der Waals surface area contributed by atoms with Gasteiger partial charge in [-0.1, -0.05) is 12.1 Å². The Morgan fingerprint density at radius 3 is 2.34 bits per heavy atom. The van der Waals surface area contributed by atoms with Crippen LogP contribution in [0.3, 0.4) is 0 Å². The molecule has 0 bridgehead atoms. The molecular formula is C20H33IN4O3S. The molecule has 1 aliphatic heterocycles. The Kier molecular flexibility index (Phi) is 9.64. The summed E-state index contributed by atoms with van der Waals surface area (Å²) < 4.78 is 32.9. The summed E-state index contributed by atoms with van der Waals surface area (Å²) in [6.07, 6.45) is 4.24. The molecule has 3 rings (SSSR count). The van der Waals surface area contributed by atoms with E-state index in [1.807, 2.05) is 19.1 Å². The second-order valence-electron chi connectivity index (χ2n) is 7.35. The lowest BCUT2D eigenvalue weighted by Crippen LogP contribution is -2.47. The quantitative estimate of drug-likeness (QED) is 0.304. The van der Waals surface area contributed by atoms with Gasteiger partial charge < -0.3 is 15.0 Å². The Morgan fingerprint density at radius 2 is 1.79 bits per heavy atom. The van der Waals surface area contributed by atoms with E-state index in [4.69, 9.17) is 9.73 Å². The van der Waals surface area contributed by atoms with Gasteiger partial charge in [0.25, 0.3) is 0 Å². The van der Waals surface area contributed by atoms with Crippen LogP contribution in [0.15, 0.2) is 34.2 Å². The van der Waals surface area contributed by atoms with Gasteiger partial charge in [0.2, 0.25) is 10.0 Å². The number of hydrogen-bond donors (Lipinski definition) is 2. The van der Waals surface area contributed by atoms with Crippen LogP contribution in [0, 0.1) is 0 Å². The molecule has 0 atom stereocenters. The van der Waals surface area contributed by atoms with Crippen molar-refractivity contribution in [3.63, 3.8) is 0 Å². The van der Waals surface area contributed by atoms with E-state index in [0.29, 0.717) is 17.5 Å². The maximum atomic E-state index is 12.3. The minimum absolute atomic E-state index is 0. The minimum Gasteiger partial charge on any atom is -0.378 e. The minimum atomic E-state index is -3.40. The van der Waals surface area contributed by atoms with Gasteiger partial charge in [-0.15, -0.1) is 24.0 Å². The molecule has 1 aromatic carbocycles. The summed E-state index contributed by atoms with van der Waals surface area (Å²) in [6, 6.07) is 7.13. The number of benzene rings is 1. The van der Waals surface area contributed by atoms with Gasteiger partial charge in [-0.25, -0.2) is 18.1 Å². The third-order valence-electron chi connectivity index (χ3n) is 5.02. The normalized spacial score (nSPS) is 18.4. The number of hydrogen-bond acceptors (Lipinski definition) is 4. The van der Waals surface area contributed by atoms with Crippen LogP contribution >= 0.6 is 24.0 Å². The maximum Gasteiger partial charge on any atom is 0.240 e. The SMILES string of the molecule is CCNC(=NCc1ccc(S(=O)(=O)NC2CC2)cc1)N1CCC(OCC)CC1.I. The molecule has 1 aromatic rings. The molecule has 2 N–H and O–H groups in total. The Balaban J connectivity index is 0.00000300. The summed E-state index contributed by atoms with van der Waals surface area (Å²) >= 11 is 0. The van der Waals surface area contributed by atoms with E-state index in [2.05, 4.69) is 21.9 Å². The lowest BCUT2D eigenvalue weighted by atomic mass is 10.1. The zero-order valence-electron chi connectivity index (χ0n) is 17.3. The molecule has 0 aromatic heterocycles. The first-order valence-electron chi connectivity index (χ1n) is 10.3. The predicted molar refractivity (Wildman–Crippen MR) is 126 cm³/mol. The summed E-state index contributed by atoms with van der Waals surface area (Å²) in [4.78, 5) is 7.35. The number of ether oxygens (including phenoxy) is 1. The van der Waals surface area contributed by atoms with E-state index in [1.54, 1.807) is 12.1 Å². The number of likely N-dealkylation sites (tertiary alicyclic amines) is 1. The molecule has 1 aliphatic carbocycles. The third kappa shape index (κ3) is 7.37. The van der Waals surface area contributed by atoms with Crippen molar-refractivity contribution < 1.29 is 13.2 Å². The molecular weight excluding hydrogens is 503 g/mol. The third-order valence-corrected chi connectivity index (χ3v) is 6.56. The number of halogens is 1. The average molecular weight is 536 g/mol. The van der Waals surface area contributed by atoms with Gasteiger partial charge in [0.1, 0.15) is 0 Å². The van der Waals surface area contributed by atoms with Gasteiger partial charge in [0.15, 0.2) is 5.96 Å². The fraction of sp³-hybridized carbons (Fsp3) is 0.650. The van der Waals surface area contributed by atoms with Crippen LogP contribution < -0.4 is 10.0 Å². The van der Waals surface area contributed by atoms with Gasteiger partial charge in [-0.2, -0.15) is 0 Å². The van der Waals surface area contributed by atoms with Crippen molar-refractivity contribution in [2.75, 3.05) is 26.2 Å². The standard InChI is InChI=1S/C20H32N4O3S.HI/c1-3-21-20(24-13-11-18(12-14-24)27-4-2)22-15-16-5-9-19(10-6-16)28(25,26)23-17-7-8-17;/h5-6,9-10,17-18,23H,3-4,7-8,11-15H2,1-2H3,(H,21,22);1H. The van der Waals surface area contributed by atoms with Crippen LogP contribution in [0.5, 0.6) is 0 Å². The molecule has 0 amide bonds. The topological polar surface area (TPSA) is 83.0 Å². The number of rotatable bonds is 8. The first-order valence-corrected chi connectivity index (χ1v) is 11.8. The number of sulfonamides is 1. The van der Waals surface area contributed by atoms with Crippen LogP contribution in [0.1, 0.15) is 45.1 Å². The number of guanidine groups is 1. The zero-order valence-corrected chi connectivity index (χ0v) is 20.4. The second kappa shape index (κ2) is 11.5. The number of piperidine rings is 1. The van der Waals surface area contributed by atoms with Gasteiger partial charge >= 0.3 is 0 Å². The molecule has 164 valence electrons. The highest BCUT2D eigenvalue weighted by Gasteiger charge is 2.27. The molecule has 29 heavy (non-hydrogen) atoms. The fourth-order valence-corrected chi connectivity index (χ4v) is 4.63. The fourth-order valence-electron chi connectivity index (χ4n) is 3.32. The average Bonchev–Trinajstić information content (AvgIpc) is 3.50. The second-order valence-corrected chi connectivity index (χ2v) is 9.07. The Bertz CT molecular complexity index is 758. The summed E-state index contributed by atoms with van der Waals surface area (Å²) in [6.45, 7) is 8.06. The van der Waals surface area contributed by atoms with Crippen LogP contribution in [0.2, 0.25) is 0 Å². The van der Waals surface area contributed by atoms with Crippen molar-refractivity contribution in [2.24, 2.45) is 4.99 Å². The summed E-state index contributed by atoms with van der Waals surface area (Å²) in [5.74, 6) is 0.907. The smallest absolute Gasteiger partial charge is 0.240 e. The van der Waals surface area contributed by atoms with Gasteiger partial charge in [0.05, 0.1) is 17.5 Å². The van der Waals surface area contributed by atoms with E-state index >= 15 is 0 Å². The maximum absolute atomic E-state index is 12.3. The van der Waals surface area contributed by atoms with Gasteiger partial charge in [-0.3, -0.25) is 0 Å². The summed E-state index contributed by atoms with van der Waals surface area (Å²) in [5, 5.41) is 3.36. The van der Waals surface area contributed by atoms with Gasteiger partial charge in [-0.05, 0) is 57.2 Å². The zero-order chi connectivity index (χ0) is 20.0. The lowest BCUT2D eigenvalue weighted by Gasteiger charge is -2.34. The number of aliphatic imine (C=N–C) groups is 1. The van der Waals surface area contributed by atoms with Crippen LogP contribution in [-0.2, 0) is 21.3 Å². The van der Waals surface area contributed by atoms with E-state index in [0.717, 1.165) is 63.4 Å². The monoisotopic (exact) mass is 536 g/mol. The van der Waals surface area contributed by atoms with Crippen molar-refractivity contribution in [1.29, 1.82) is 0 Å². The largest absolute Gasteiger partial charge is 0.378 e. The molecule has 1 saturated carbocycles. The highest BCUT2D eigenvalue weighted by Crippen LogP contribution is 2.22. The number of nitrogens with zero attached hydrogens (tertiary/aromatic N) is 2. The van der Waals surface area contributed by atoms with Crippen molar-refractivity contribution in [2.45, 2.75) is 63.1 Å². The van der Waals surface area contributed by atoms with Crippen molar-refractivity contribution >= 4 is 40.0 Å². The molecule has 2 fully saturated rings. The Morgan fingerprint density at radius 1 is 1.14 bits per heavy atom. The van der Waals surface area contributed by atoms with Crippen molar-refractivity contribution in [1.82, 2.24) is 14.9 Å². The van der Waals surface area contributed by atoms with E-state index < -0.39 is 10.0 Å². The van der Waals surface area contributed by atoms with E-state index in [9.17, 15) is 8.42 Å². The number of nitrogens with one attached hydrogen (secondary N) is 2. The summed E-state index contributed by atoms with van der Waals surface area (Å²) in [7, 11) is -3.40. The molecule has 1 saturated heterocycles. The molecule has 7 nitrogen and oxygen atoms in total. The van der Waals surface area contributed by atoms with Crippen LogP contribution in [0.25, 0.3) is 0 Å². The van der Waals surface area contributed by atoms with Crippen molar-refractivity contribution in [3.8, 4) is 0 Å². The van der Waals surface area contributed by atoms with Crippen LogP contribution in [-0.4, -0.2) is 57.7 Å². The highest BCUT2D eigenvalue weighted by atomic mass is 127. The first-order chi connectivity index (χ1) is 13.5. The molecule has 1 heterocycles. The predicted octanol–water partition coefficient (Wildman–Crippen LogP) is 2.71. The van der Waals surface area contributed by atoms with E-state index in [1.165, 1.54) is 0 Å². The Labute approximate surface area is 191 Å². The lowest BCUT2D eigenvalue weighted by molar-refractivity contribution is 0.0263. The van der Waals surface area contributed by atoms with Gasteiger partial charge in [0, 0.05) is 32.3 Å². The van der Waals surface area contributed by atoms with Crippen LogP contribution in [0.4, 0.5) is 0 Å². The molecule has 0 radical (unpaired) electrons. The molecule has 2 aliphatic rings. The molecule has 9 heteroatoms. The molecule has 0 unspecified atom stereocenters.